The molecule has 2 atom stereocenters. The predicted octanol–water partition coefficient (Wildman–Crippen LogP) is 2.83. The molecule has 1 aliphatic rings. The second-order valence-electron chi connectivity index (χ2n) is 7.15. The summed E-state index contributed by atoms with van der Waals surface area (Å²) in [6.07, 6.45) is 0. The van der Waals surface area contributed by atoms with Crippen LogP contribution in [-0.2, 0) is 0 Å². The molecule has 0 bridgehead atoms. The normalized spacial score (nSPS) is 18.3. The van der Waals surface area contributed by atoms with Crippen molar-refractivity contribution in [3.8, 4) is 11.8 Å². The Morgan fingerprint density at radius 2 is 1.97 bits per heavy atom. The quantitative estimate of drug-likeness (QED) is 0.723. The zero-order valence-corrected chi connectivity index (χ0v) is 17.2. The first kappa shape index (κ1) is 21.4. The predicted molar refractivity (Wildman–Crippen MR) is 113 cm³/mol. The van der Waals surface area contributed by atoms with Gasteiger partial charge in [0.1, 0.15) is 12.4 Å². The van der Waals surface area contributed by atoms with Gasteiger partial charge in [-0.05, 0) is 36.8 Å². The van der Waals surface area contributed by atoms with Crippen molar-refractivity contribution in [3.05, 3.63) is 58.6 Å². The summed E-state index contributed by atoms with van der Waals surface area (Å²) in [6, 6.07) is 15.2. The number of piperazine rings is 1. The molecule has 1 saturated heterocycles. The monoisotopic (exact) mass is 415 g/mol. The van der Waals surface area contributed by atoms with Gasteiger partial charge < -0.3 is 19.8 Å². The van der Waals surface area contributed by atoms with Gasteiger partial charge in [-0.15, -0.1) is 0 Å². The molecule has 0 spiro atoms. The molecule has 2 aromatic carbocycles. The van der Waals surface area contributed by atoms with Crippen LogP contribution in [0.1, 0.15) is 24.1 Å². The second kappa shape index (κ2) is 9.95. The molecule has 3 rings (SSSR count). The fourth-order valence-corrected chi connectivity index (χ4v) is 4.09. The zero-order valence-electron chi connectivity index (χ0n) is 16.5. The summed E-state index contributed by atoms with van der Waals surface area (Å²) in [6.45, 7) is 4.72. The van der Waals surface area contributed by atoms with Gasteiger partial charge in [0.25, 0.3) is 0 Å². The Kier molecular flexibility index (Phi) is 7.34. The largest absolute Gasteiger partial charge is 0.491 e. The third-order valence-corrected chi connectivity index (χ3v) is 5.59. The number of nitriles is 1. The van der Waals surface area contributed by atoms with Gasteiger partial charge in [0, 0.05) is 31.7 Å². The molecule has 1 aliphatic heterocycles. The molecule has 1 heterocycles. The summed E-state index contributed by atoms with van der Waals surface area (Å²) in [4.78, 5) is 4.54. The Balaban J connectivity index is 1.70. The Morgan fingerprint density at radius 3 is 2.55 bits per heavy atom. The number of hydrogen-bond acceptors (Lipinski definition) is 6. The van der Waals surface area contributed by atoms with Crippen LogP contribution in [0.15, 0.2) is 42.5 Å². The van der Waals surface area contributed by atoms with Gasteiger partial charge in [0.15, 0.2) is 0 Å². The van der Waals surface area contributed by atoms with Crippen LogP contribution in [0.25, 0.3) is 0 Å². The van der Waals surface area contributed by atoms with Crippen molar-refractivity contribution < 1.29 is 14.9 Å². The Morgan fingerprint density at radius 1 is 1.21 bits per heavy atom. The smallest absolute Gasteiger partial charge is 0.121 e. The van der Waals surface area contributed by atoms with Gasteiger partial charge in [-0.25, -0.2) is 0 Å². The van der Waals surface area contributed by atoms with Crippen LogP contribution < -0.4 is 9.64 Å². The standard InChI is InChI=1S/C22H26ClN3O3/c1-16-14-25(22(15-28)18-4-2-17(13-24)3-5-18)8-9-26(16)21-7-6-19(12-20(21)23)29-11-10-27/h2-7,12,16,22,27-28H,8-11,14-15H2,1H3/t16-,22-/m1/s1. The molecule has 0 amide bonds. The average Bonchev–Trinajstić information content (AvgIpc) is 2.74. The number of benzene rings is 2. The van der Waals surface area contributed by atoms with E-state index in [-0.39, 0.29) is 31.9 Å². The van der Waals surface area contributed by atoms with Crippen LogP contribution in [0.4, 0.5) is 5.69 Å². The lowest BCUT2D eigenvalue weighted by Gasteiger charge is -2.44. The maximum absolute atomic E-state index is 10.00. The Bertz CT molecular complexity index is 853. The molecule has 2 N–H and O–H groups in total. The van der Waals surface area contributed by atoms with Gasteiger partial charge in [0.2, 0.25) is 0 Å². The van der Waals surface area contributed by atoms with E-state index >= 15 is 0 Å². The number of halogens is 1. The van der Waals surface area contributed by atoms with E-state index in [2.05, 4.69) is 22.8 Å². The van der Waals surface area contributed by atoms with Gasteiger partial charge in [0.05, 0.1) is 41.6 Å². The maximum atomic E-state index is 10.00. The van der Waals surface area contributed by atoms with Gasteiger partial charge in [-0.1, -0.05) is 23.7 Å². The van der Waals surface area contributed by atoms with Gasteiger partial charge in [-0.2, -0.15) is 5.26 Å². The van der Waals surface area contributed by atoms with Crippen molar-refractivity contribution in [2.24, 2.45) is 0 Å². The van der Waals surface area contributed by atoms with E-state index in [9.17, 15) is 5.11 Å². The number of aliphatic hydroxyl groups excluding tert-OH is 2. The highest BCUT2D eigenvalue weighted by Crippen LogP contribution is 2.33. The van der Waals surface area contributed by atoms with Crippen molar-refractivity contribution in [2.75, 3.05) is 44.4 Å². The molecule has 0 saturated carbocycles. The highest BCUT2D eigenvalue weighted by molar-refractivity contribution is 6.33. The van der Waals surface area contributed by atoms with Crippen molar-refractivity contribution in [1.82, 2.24) is 4.90 Å². The minimum atomic E-state index is -0.0999. The molecule has 7 heteroatoms. The fourth-order valence-electron chi connectivity index (χ4n) is 3.81. The highest BCUT2D eigenvalue weighted by atomic mass is 35.5. The lowest BCUT2D eigenvalue weighted by atomic mass is 10.0. The summed E-state index contributed by atoms with van der Waals surface area (Å²) in [5, 5.41) is 28.5. The molecule has 154 valence electrons. The van der Waals surface area contributed by atoms with E-state index in [1.807, 2.05) is 24.3 Å². The van der Waals surface area contributed by atoms with Crippen LogP contribution in [0.2, 0.25) is 5.02 Å². The molecular formula is C22H26ClN3O3. The Hall–Kier alpha value is -2.30. The minimum absolute atomic E-state index is 0.0241. The third-order valence-electron chi connectivity index (χ3n) is 5.29. The molecular weight excluding hydrogens is 390 g/mol. The number of anilines is 1. The van der Waals surface area contributed by atoms with Gasteiger partial charge >= 0.3 is 0 Å². The summed E-state index contributed by atoms with van der Waals surface area (Å²) >= 11 is 6.49. The van der Waals surface area contributed by atoms with E-state index in [0.717, 1.165) is 30.9 Å². The van der Waals surface area contributed by atoms with Crippen LogP contribution in [0.5, 0.6) is 5.75 Å². The molecule has 0 unspecified atom stereocenters. The topological polar surface area (TPSA) is 80.0 Å². The SMILES string of the molecule is C[C@@H]1CN([C@H](CO)c2ccc(C#N)cc2)CCN1c1ccc(OCCO)cc1Cl. The van der Waals surface area contributed by atoms with E-state index in [4.69, 9.17) is 26.7 Å². The van der Waals surface area contributed by atoms with E-state index in [1.54, 1.807) is 18.2 Å². The molecule has 29 heavy (non-hydrogen) atoms. The van der Waals surface area contributed by atoms with Gasteiger partial charge in [-0.3, -0.25) is 4.90 Å². The summed E-state index contributed by atoms with van der Waals surface area (Å²) in [5.74, 6) is 0.639. The molecule has 0 radical (unpaired) electrons. The number of rotatable bonds is 7. The van der Waals surface area contributed by atoms with E-state index in [1.165, 1.54) is 0 Å². The van der Waals surface area contributed by atoms with E-state index in [0.29, 0.717) is 16.3 Å². The molecule has 1 fully saturated rings. The van der Waals surface area contributed by atoms with Crippen molar-refractivity contribution >= 4 is 17.3 Å². The van der Waals surface area contributed by atoms with Crippen molar-refractivity contribution in [1.29, 1.82) is 5.26 Å². The third kappa shape index (κ3) is 5.01. The van der Waals surface area contributed by atoms with Crippen molar-refractivity contribution in [2.45, 2.75) is 19.0 Å². The lowest BCUT2D eigenvalue weighted by Crippen LogP contribution is -2.53. The molecule has 6 nitrogen and oxygen atoms in total. The molecule has 0 aliphatic carbocycles. The first-order chi connectivity index (χ1) is 14.1. The van der Waals surface area contributed by atoms with E-state index < -0.39 is 0 Å². The number of aliphatic hydroxyl groups is 2. The minimum Gasteiger partial charge on any atom is -0.491 e. The zero-order chi connectivity index (χ0) is 20.8. The number of ether oxygens (including phenoxy) is 1. The molecule has 0 aromatic heterocycles. The second-order valence-corrected chi connectivity index (χ2v) is 7.56. The maximum Gasteiger partial charge on any atom is 0.121 e. The number of nitrogens with zero attached hydrogens (tertiary/aromatic N) is 3. The molecule has 2 aromatic rings. The highest BCUT2D eigenvalue weighted by Gasteiger charge is 2.30. The fraction of sp³-hybridized carbons (Fsp3) is 0.409. The van der Waals surface area contributed by atoms with Crippen LogP contribution in [-0.4, -0.2) is 60.6 Å². The van der Waals surface area contributed by atoms with Crippen LogP contribution in [0, 0.1) is 11.3 Å². The first-order valence-electron chi connectivity index (χ1n) is 9.72. The Labute approximate surface area is 176 Å². The average molecular weight is 416 g/mol. The summed E-state index contributed by atoms with van der Waals surface area (Å²) in [7, 11) is 0. The summed E-state index contributed by atoms with van der Waals surface area (Å²) in [5.41, 5.74) is 2.58. The van der Waals surface area contributed by atoms with Crippen LogP contribution in [0.3, 0.4) is 0 Å². The van der Waals surface area contributed by atoms with Crippen molar-refractivity contribution in [3.63, 3.8) is 0 Å². The number of hydrogen-bond donors (Lipinski definition) is 2. The summed E-state index contributed by atoms with van der Waals surface area (Å²) < 4.78 is 5.42. The lowest BCUT2D eigenvalue weighted by molar-refractivity contribution is 0.105. The first-order valence-corrected chi connectivity index (χ1v) is 10.1. The van der Waals surface area contributed by atoms with Crippen LogP contribution >= 0.6 is 11.6 Å².